The molecule has 10 N–H and O–H groups in total. The first-order chi connectivity index (χ1) is 30.9. The molecule has 4 atom stereocenters. The Hall–Kier alpha value is -6.85. The standard InChI is InChI=1S/C42H54N10O12S/c1-25(2)37-42(60)50-31(41(59)49-32(21-36(54)55)39(57)46-24-35(53)48-30(40(58)51-37)9-5-6-17-43)20-26-11-14-29(15-12-26)64-19-7-18-44-38(56)28-13-16-34(45-22-28)52-47-23-27-8-3-4-10-33(27)65(61,62)63/h3-4,8,10-16,22,25,30-32,37H,5-7,9,17-21,23-24,43H2,1-2H3,(H,44,56)(H,46,57)(H,48,53)(H,49,59)(H,50,60)(H,51,58)(H,54,55)(H,61,62,63)/t30?,31?,32?,37-/m1/s1. The molecule has 0 aliphatic carbocycles. The maximum atomic E-state index is 13.8. The number of carbonyl (C=O) groups excluding carboxylic acids is 6. The van der Waals surface area contributed by atoms with Gasteiger partial charge in [0.05, 0.1) is 36.6 Å². The average molecular weight is 923 g/mol. The SMILES string of the molecule is CC(C)[C@H]1NC(=O)C(CCCCN)NC(=O)CNC(=O)C(CC(=O)O)NC(=O)C(Cc2ccc(OCCCNC(=O)c3ccc(N=NCc4ccccc4S(=O)(=O)O)nc3)cc2)NC1=O. The van der Waals surface area contributed by atoms with Crippen LogP contribution in [0.2, 0.25) is 0 Å². The van der Waals surface area contributed by atoms with E-state index in [4.69, 9.17) is 10.5 Å². The zero-order valence-corrected chi connectivity index (χ0v) is 36.6. The van der Waals surface area contributed by atoms with Crippen molar-refractivity contribution in [2.24, 2.45) is 21.9 Å². The van der Waals surface area contributed by atoms with Crippen molar-refractivity contribution < 1.29 is 56.4 Å². The molecule has 3 aromatic rings. The number of carboxylic acid groups (broad SMARTS) is 1. The monoisotopic (exact) mass is 922 g/mol. The number of carboxylic acids is 1. The van der Waals surface area contributed by atoms with E-state index in [2.05, 4.69) is 47.1 Å². The predicted octanol–water partition coefficient (Wildman–Crippen LogP) is 0.682. The Balaban J connectivity index is 1.35. The highest BCUT2D eigenvalue weighted by molar-refractivity contribution is 7.85. The number of pyridine rings is 1. The number of nitrogens with two attached hydrogens (primary N) is 1. The maximum absolute atomic E-state index is 13.8. The highest BCUT2D eigenvalue weighted by atomic mass is 32.2. The zero-order chi connectivity index (χ0) is 47.5. The van der Waals surface area contributed by atoms with E-state index in [1.165, 1.54) is 36.5 Å². The highest BCUT2D eigenvalue weighted by Gasteiger charge is 2.34. The van der Waals surface area contributed by atoms with Crippen LogP contribution in [0.4, 0.5) is 5.82 Å². The van der Waals surface area contributed by atoms with Gasteiger partial charge in [0, 0.05) is 19.2 Å². The van der Waals surface area contributed by atoms with Gasteiger partial charge in [0.2, 0.25) is 29.5 Å². The van der Waals surface area contributed by atoms with Crippen molar-refractivity contribution in [2.45, 2.75) is 88.0 Å². The Morgan fingerprint density at radius 2 is 1.58 bits per heavy atom. The molecule has 1 aliphatic rings. The zero-order valence-electron chi connectivity index (χ0n) is 35.8. The second kappa shape index (κ2) is 24.9. The Morgan fingerprint density at radius 3 is 2.25 bits per heavy atom. The number of nitrogens with one attached hydrogen (secondary N) is 6. The number of unbranched alkanes of at least 4 members (excludes halogenated alkanes) is 1. The van der Waals surface area contributed by atoms with Crippen molar-refractivity contribution in [3.05, 3.63) is 83.6 Å². The molecule has 65 heavy (non-hydrogen) atoms. The molecule has 0 bridgehead atoms. The number of nitrogens with zero attached hydrogens (tertiary/aromatic N) is 3. The van der Waals surface area contributed by atoms with Crippen LogP contribution in [0, 0.1) is 5.92 Å². The second-order valence-electron chi connectivity index (χ2n) is 15.3. The van der Waals surface area contributed by atoms with Crippen LogP contribution in [-0.4, -0.2) is 115 Å². The minimum Gasteiger partial charge on any atom is -0.494 e. The summed E-state index contributed by atoms with van der Waals surface area (Å²) in [5.41, 5.74) is 6.66. The molecule has 3 unspecified atom stereocenters. The van der Waals surface area contributed by atoms with E-state index in [9.17, 15) is 51.6 Å². The maximum Gasteiger partial charge on any atom is 0.305 e. The van der Waals surface area contributed by atoms with Crippen LogP contribution in [0.15, 0.2) is 82.0 Å². The van der Waals surface area contributed by atoms with E-state index >= 15 is 0 Å². The number of carbonyl (C=O) groups is 7. The van der Waals surface area contributed by atoms with Crippen LogP contribution < -0.4 is 42.4 Å². The van der Waals surface area contributed by atoms with Gasteiger partial charge >= 0.3 is 5.97 Å². The van der Waals surface area contributed by atoms with Gasteiger partial charge in [0.1, 0.15) is 29.9 Å². The summed E-state index contributed by atoms with van der Waals surface area (Å²) in [4.78, 5) is 94.9. The Bertz CT molecular complexity index is 2290. The molecule has 23 heteroatoms. The molecule has 1 aliphatic heterocycles. The van der Waals surface area contributed by atoms with E-state index < -0.39 is 94.6 Å². The summed E-state index contributed by atoms with van der Waals surface area (Å²) < 4.78 is 38.4. The van der Waals surface area contributed by atoms with E-state index in [1.807, 2.05) is 0 Å². The molecular formula is C42H54N10O12S. The number of rotatable bonds is 19. The fourth-order valence-corrected chi connectivity index (χ4v) is 7.10. The first kappa shape index (κ1) is 50.8. The first-order valence-corrected chi connectivity index (χ1v) is 22.2. The van der Waals surface area contributed by atoms with Crippen molar-refractivity contribution in [3.8, 4) is 5.75 Å². The molecule has 4 rings (SSSR count). The summed E-state index contributed by atoms with van der Waals surface area (Å²) in [6.07, 6.45) is 2.01. The quantitative estimate of drug-likeness (QED) is 0.0454. The summed E-state index contributed by atoms with van der Waals surface area (Å²) in [5, 5.41) is 32.8. The average Bonchev–Trinajstić information content (AvgIpc) is 3.26. The number of benzene rings is 2. The van der Waals surface area contributed by atoms with Crippen LogP contribution in [0.5, 0.6) is 5.75 Å². The molecule has 350 valence electrons. The van der Waals surface area contributed by atoms with Crippen molar-refractivity contribution in [1.82, 2.24) is 36.9 Å². The molecule has 6 amide bonds. The lowest BCUT2D eigenvalue weighted by molar-refractivity contribution is -0.141. The van der Waals surface area contributed by atoms with E-state index in [1.54, 1.807) is 44.2 Å². The fraction of sp³-hybridized carbons (Fsp3) is 0.429. The number of ether oxygens (including phenoxy) is 1. The van der Waals surface area contributed by atoms with Gasteiger partial charge in [-0.3, -0.25) is 38.1 Å². The molecule has 22 nitrogen and oxygen atoms in total. The van der Waals surface area contributed by atoms with Gasteiger partial charge in [0.15, 0.2) is 5.82 Å². The van der Waals surface area contributed by atoms with Crippen molar-refractivity contribution in [2.75, 3.05) is 26.2 Å². The molecule has 0 radical (unpaired) electrons. The van der Waals surface area contributed by atoms with Crippen molar-refractivity contribution in [1.29, 1.82) is 0 Å². The molecule has 1 fully saturated rings. The molecule has 1 aromatic heterocycles. The Kier molecular flexibility index (Phi) is 19.4. The summed E-state index contributed by atoms with van der Waals surface area (Å²) >= 11 is 0. The van der Waals surface area contributed by atoms with Gasteiger partial charge < -0.3 is 47.5 Å². The van der Waals surface area contributed by atoms with Crippen LogP contribution in [0.1, 0.15) is 67.4 Å². The lowest BCUT2D eigenvalue weighted by atomic mass is 9.99. The largest absolute Gasteiger partial charge is 0.494 e. The molecule has 0 spiro atoms. The minimum absolute atomic E-state index is 0.115. The lowest BCUT2D eigenvalue weighted by Gasteiger charge is -2.27. The van der Waals surface area contributed by atoms with Gasteiger partial charge in [-0.25, -0.2) is 4.98 Å². The molecule has 2 aromatic carbocycles. The molecule has 2 heterocycles. The van der Waals surface area contributed by atoms with Gasteiger partial charge in [0.25, 0.3) is 16.0 Å². The first-order valence-electron chi connectivity index (χ1n) is 20.7. The summed E-state index contributed by atoms with van der Waals surface area (Å²) in [5.74, 6) is -5.62. The molecule has 0 saturated carbocycles. The van der Waals surface area contributed by atoms with Gasteiger partial charge in [-0.05, 0) is 79.6 Å². The van der Waals surface area contributed by atoms with Crippen LogP contribution in [0.3, 0.4) is 0 Å². The predicted molar refractivity (Wildman–Crippen MR) is 232 cm³/mol. The Labute approximate surface area is 375 Å². The second-order valence-corrected chi connectivity index (χ2v) is 16.7. The summed E-state index contributed by atoms with van der Waals surface area (Å²) in [6, 6.07) is 10.1. The van der Waals surface area contributed by atoms with E-state index in [-0.39, 0.29) is 54.4 Å². The van der Waals surface area contributed by atoms with Crippen LogP contribution >= 0.6 is 0 Å². The third-order valence-electron chi connectivity index (χ3n) is 9.83. The van der Waals surface area contributed by atoms with E-state index in [0.29, 0.717) is 37.1 Å². The topological polar surface area (TPSA) is 339 Å². The highest BCUT2D eigenvalue weighted by Crippen LogP contribution is 2.18. The van der Waals surface area contributed by atoms with Gasteiger partial charge in [-0.1, -0.05) is 44.2 Å². The molecular weight excluding hydrogens is 869 g/mol. The van der Waals surface area contributed by atoms with Crippen LogP contribution in [0.25, 0.3) is 0 Å². The smallest absolute Gasteiger partial charge is 0.305 e. The molecule has 1 saturated heterocycles. The number of hydrogen-bond donors (Lipinski definition) is 9. The number of hydrogen-bond acceptors (Lipinski definition) is 14. The van der Waals surface area contributed by atoms with Crippen molar-refractivity contribution >= 4 is 57.3 Å². The third-order valence-corrected chi connectivity index (χ3v) is 10.8. The summed E-state index contributed by atoms with van der Waals surface area (Å²) in [6.45, 7) is 3.44. The lowest BCUT2D eigenvalue weighted by Crippen LogP contribution is -2.59. The van der Waals surface area contributed by atoms with Gasteiger partial charge in [-0.15, -0.1) is 5.11 Å². The van der Waals surface area contributed by atoms with Crippen LogP contribution in [-0.2, 0) is 51.9 Å². The number of aliphatic carboxylic acids is 1. The normalized spacial score (nSPS) is 18.9. The van der Waals surface area contributed by atoms with Gasteiger partial charge in [-0.2, -0.15) is 13.5 Å². The fourth-order valence-electron chi connectivity index (χ4n) is 6.39. The number of azo groups is 1. The number of amides is 6. The van der Waals surface area contributed by atoms with Crippen molar-refractivity contribution in [3.63, 3.8) is 0 Å². The Morgan fingerprint density at radius 1 is 0.877 bits per heavy atom. The van der Waals surface area contributed by atoms with E-state index in [0.717, 1.165) is 0 Å². The summed E-state index contributed by atoms with van der Waals surface area (Å²) in [7, 11) is -4.43. The minimum atomic E-state index is -4.43. The third kappa shape index (κ3) is 16.7. The number of aromatic nitrogens is 1.